The molecule has 2 aromatic heterocycles. The number of anilines is 1. The van der Waals surface area contributed by atoms with Crippen molar-refractivity contribution < 1.29 is 9.84 Å². The van der Waals surface area contributed by atoms with Crippen molar-refractivity contribution in [1.29, 1.82) is 0 Å². The van der Waals surface area contributed by atoms with Crippen LogP contribution in [0.2, 0.25) is 0 Å². The van der Waals surface area contributed by atoms with Crippen LogP contribution in [0.4, 0.5) is 5.82 Å². The molecule has 0 aromatic carbocycles. The van der Waals surface area contributed by atoms with Gasteiger partial charge in [0.05, 0.1) is 24.3 Å². The molecule has 0 spiro atoms. The van der Waals surface area contributed by atoms with Gasteiger partial charge in [0.1, 0.15) is 11.8 Å². The van der Waals surface area contributed by atoms with E-state index in [-0.39, 0.29) is 16.6 Å². The second-order valence-electron chi connectivity index (χ2n) is 4.59. The number of hydrogen-bond acceptors (Lipinski definition) is 7. The standard InChI is InChI=1S/C11H15N5O2S/c1-18-4-11(7(2-17)19-11)3-16-6-15-8-9(12)13-5-14-10(8)16/h5-7,17H,2-4H2,1H3,(H2,12,13,14)/t7?,11-/m1/s1. The molecule has 3 rings (SSSR count). The average Bonchev–Trinajstić information content (AvgIpc) is 2.92. The van der Waals surface area contributed by atoms with Crippen molar-refractivity contribution in [3.63, 3.8) is 0 Å². The second-order valence-corrected chi connectivity index (χ2v) is 6.21. The molecule has 3 heterocycles. The molecule has 0 saturated carbocycles. The molecule has 1 aliphatic heterocycles. The van der Waals surface area contributed by atoms with Gasteiger partial charge in [-0.15, -0.1) is 11.8 Å². The summed E-state index contributed by atoms with van der Waals surface area (Å²) in [4.78, 5) is 12.4. The van der Waals surface area contributed by atoms with Crippen molar-refractivity contribution in [2.24, 2.45) is 0 Å². The highest BCUT2D eigenvalue weighted by Crippen LogP contribution is 2.54. The van der Waals surface area contributed by atoms with Crippen molar-refractivity contribution >= 4 is 28.7 Å². The van der Waals surface area contributed by atoms with Crippen LogP contribution in [0.15, 0.2) is 12.7 Å². The summed E-state index contributed by atoms with van der Waals surface area (Å²) in [6.45, 7) is 1.42. The fourth-order valence-electron chi connectivity index (χ4n) is 2.31. The molecule has 19 heavy (non-hydrogen) atoms. The van der Waals surface area contributed by atoms with Crippen LogP contribution in [-0.2, 0) is 11.3 Å². The van der Waals surface area contributed by atoms with E-state index in [9.17, 15) is 5.11 Å². The average molecular weight is 281 g/mol. The van der Waals surface area contributed by atoms with Gasteiger partial charge in [-0.25, -0.2) is 15.0 Å². The van der Waals surface area contributed by atoms with Crippen molar-refractivity contribution in [2.45, 2.75) is 16.5 Å². The van der Waals surface area contributed by atoms with E-state index in [4.69, 9.17) is 10.5 Å². The minimum absolute atomic E-state index is 0.100. The van der Waals surface area contributed by atoms with Crippen LogP contribution in [-0.4, -0.2) is 54.9 Å². The Balaban J connectivity index is 1.91. The zero-order valence-electron chi connectivity index (χ0n) is 10.5. The monoisotopic (exact) mass is 281 g/mol. The largest absolute Gasteiger partial charge is 0.395 e. The van der Waals surface area contributed by atoms with E-state index in [1.807, 2.05) is 4.57 Å². The normalized spacial score (nSPS) is 25.9. The Hall–Kier alpha value is -1.38. The molecular weight excluding hydrogens is 266 g/mol. The first-order valence-electron chi connectivity index (χ1n) is 5.89. The highest BCUT2D eigenvalue weighted by atomic mass is 32.2. The van der Waals surface area contributed by atoms with E-state index in [0.717, 1.165) is 0 Å². The minimum Gasteiger partial charge on any atom is -0.395 e. The van der Waals surface area contributed by atoms with E-state index >= 15 is 0 Å². The third-order valence-electron chi connectivity index (χ3n) is 3.33. The summed E-state index contributed by atoms with van der Waals surface area (Å²) in [5.41, 5.74) is 7.09. The quantitative estimate of drug-likeness (QED) is 0.738. The molecular formula is C11H15N5O2S. The van der Waals surface area contributed by atoms with Gasteiger partial charge >= 0.3 is 0 Å². The smallest absolute Gasteiger partial charge is 0.165 e. The first kappa shape index (κ1) is 12.6. The lowest BCUT2D eigenvalue weighted by molar-refractivity contribution is 0.161. The van der Waals surface area contributed by atoms with Crippen LogP contribution in [0.1, 0.15) is 0 Å². The lowest BCUT2D eigenvalue weighted by atomic mass is 10.1. The van der Waals surface area contributed by atoms with Crippen LogP contribution >= 0.6 is 11.8 Å². The molecule has 1 fully saturated rings. The van der Waals surface area contributed by atoms with Crippen LogP contribution in [0.25, 0.3) is 11.2 Å². The minimum atomic E-state index is -0.100. The van der Waals surface area contributed by atoms with E-state index in [1.54, 1.807) is 25.2 Å². The Kier molecular flexibility index (Phi) is 3.08. The van der Waals surface area contributed by atoms with Crippen LogP contribution in [0.3, 0.4) is 0 Å². The van der Waals surface area contributed by atoms with E-state index in [2.05, 4.69) is 15.0 Å². The Morgan fingerprint density at radius 3 is 3.05 bits per heavy atom. The first-order chi connectivity index (χ1) is 9.20. The fourth-order valence-corrected chi connectivity index (χ4v) is 3.50. The number of nitrogen functional groups attached to an aromatic ring is 1. The molecule has 0 radical (unpaired) electrons. The van der Waals surface area contributed by atoms with Crippen molar-refractivity contribution in [3.05, 3.63) is 12.7 Å². The summed E-state index contributed by atoms with van der Waals surface area (Å²) in [6.07, 6.45) is 3.14. The molecule has 0 bridgehead atoms. The Bertz CT molecular complexity index is 604. The van der Waals surface area contributed by atoms with Gasteiger partial charge in [0.15, 0.2) is 11.5 Å². The summed E-state index contributed by atoms with van der Waals surface area (Å²) in [5.74, 6) is 0.381. The number of fused-ring (bicyclic) bond motifs is 1. The maximum atomic E-state index is 9.31. The number of ether oxygens (including phenoxy) is 1. The first-order valence-corrected chi connectivity index (χ1v) is 6.77. The fraction of sp³-hybridized carbons (Fsp3) is 0.545. The summed E-state index contributed by atoms with van der Waals surface area (Å²) in [5, 5.41) is 9.51. The molecule has 7 nitrogen and oxygen atoms in total. The van der Waals surface area contributed by atoms with Crippen molar-refractivity contribution in [1.82, 2.24) is 19.5 Å². The summed E-state index contributed by atoms with van der Waals surface area (Å²) in [6, 6.07) is 0. The molecule has 3 N–H and O–H groups in total. The maximum absolute atomic E-state index is 9.31. The highest BCUT2D eigenvalue weighted by Gasteiger charge is 2.55. The van der Waals surface area contributed by atoms with Crippen LogP contribution < -0.4 is 5.73 Å². The highest BCUT2D eigenvalue weighted by molar-refractivity contribution is 8.08. The number of imidazole rings is 1. The Labute approximate surface area is 114 Å². The lowest BCUT2D eigenvalue weighted by Crippen LogP contribution is -2.28. The number of rotatable bonds is 5. The molecule has 1 aliphatic rings. The van der Waals surface area contributed by atoms with Crippen molar-refractivity contribution in [2.75, 3.05) is 26.1 Å². The third-order valence-corrected chi connectivity index (χ3v) is 4.96. The molecule has 1 saturated heterocycles. The molecule has 1 unspecified atom stereocenters. The third kappa shape index (κ3) is 2.05. The number of nitrogens with two attached hydrogens (primary N) is 1. The predicted octanol–water partition coefficient (Wildman–Crippen LogP) is -0.0986. The summed E-state index contributed by atoms with van der Waals surface area (Å²) in [7, 11) is 1.67. The van der Waals surface area contributed by atoms with Gasteiger partial charge in [-0.1, -0.05) is 0 Å². The van der Waals surface area contributed by atoms with Gasteiger partial charge < -0.3 is 20.1 Å². The van der Waals surface area contributed by atoms with Gasteiger partial charge in [0.2, 0.25) is 0 Å². The van der Waals surface area contributed by atoms with Gasteiger partial charge in [0, 0.05) is 18.9 Å². The number of nitrogens with zero attached hydrogens (tertiary/aromatic N) is 4. The number of hydrogen-bond donors (Lipinski definition) is 2. The van der Waals surface area contributed by atoms with Gasteiger partial charge in [-0.05, 0) is 0 Å². The molecule has 0 aliphatic carbocycles. The molecule has 0 amide bonds. The van der Waals surface area contributed by atoms with E-state index in [1.165, 1.54) is 6.33 Å². The Morgan fingerprint density at radius 2 is 2.37 bits per heavy atom. The number of thioether (sulfide) groups is 1. The second kappa shape index (κ2) is 4.62. The van der Waals surface area contributed by atoms with Gasteiger partial charge in [0.25, 0.3) is 0 Å². The molecule has 2 aromatic rings. The zero-order chi connectivity index (χ0) is 13.5. The lowest BCUT2D eigenvalue weighted by Gasteiger charge is -2.14. The summed E-state index contributed by atoms with van der Waals surface area (Å²) >= 11 is 1.72. The number of methoxy groups -OCH3 is 1. The SMILES string of the molecule is COC[C@@]1(Cn2cnc3c(N)ncnc32)SC1CO. The van der Waals surface area contributed by atoms with Crippen LogP contribution in [0, 0.1) is 0 Å². The van der Waals surface area contributed by atoms with Gasteiger partial charge in [-0.3, -0.25) is 0 Å². The van der Waals surface area contributed by atoms with E-state index in [0.29, 0.717) is 30.1 Å². The van der Waals surface area contributed by atoms with Crippen molar-refractivity contribution in [3.8, 4) is 0 Å². The molecule has 102 valence electrons. The molecule has 2 atom stereocenters. The topological polar surface area (TPSA) is 99.1 Å². The zero-order valence-corrected chi connectivity index (χ0v) is 11.3. The maximum Gasteiger partial charge on any atom is 0.165 e. The predicted molar refractivity (Wildman–Crippen MR) is 72.8 cm³/mol. The number of aliphatic hydroxyl groups excluding tert-OH is 1. The van der Waals surface area contributed by atoms with Crippen LogP contribution in [0.5, 0.6) is 0 Å². The summed E-state index contributed by atoms with van der Waals surface area (Å²) < 4.78 is 7.10. The molecule has 8 heteroatoms. The number of aliphatic hydroxyl groups is 1. The van der Waals surface area contributed by atoms with E-state index < -0.39 is 0 Å². The number of aromatic nitrogens is 4. The van der Waals surface area contributed by atoms with Gasteiger partial charge in [-0.2, -0.15) is 0 Å². The Morgan fingerprint density at radius 1 is 1.53 bits per heavy atom.